The second-order valence-corrected chi connectivity index (χ2v) is 2.30. The van der Waals surface area contributed by atoms with Crippen molar-refractivity contribution < 1.29 is 19.2 Å². The Bertz CT molecular complexity index is 172. The maximum absolute atomic E-state index is 8.88. The van der Waals surface area contributed by atoms with Crippen molar-refractivity contribution in [2.45, 2.75) is 0 Å². The summed E-state index contributed by atoms with van der Waals surface area (Å²) in [5.74, 6) is 0. The zero-order chi connectivity index (χ0) is 8.04. The molecule has 1 aromatic heterocycles. The molecule has 0 aliphatic carbocycles. The van der Waals surface area contributed by atoms with Crippen molar-refractivity contribution >= 4 is 59.2 Å². The number of hydrogen-bond donors (Lipinski definition) is 4. The number of rotatable bonds is 0. The molecule has 0 fully saturated rings. The van der Waals surface area contributed by atoms with Gasteiger partial charge < -0.3 is 19.7 Å². The summed E-state index contributed by atoms with van der Waals surface area (Å²) in [7, 11) is -4.64. The molecule has 11 heavy (non-hydrogen) atoms. The third-order valence-electron chi connectivity index (χ3n) is 0.406. The monoisotopic (exact) mass is 206 g/mol. The molecule has 60 valence electrons. The van der Waals surface area contributed by atoms with Gasteiger partial charge in [0.25, 0.3) is 0 Å². The molecule has 8 heteroatoms. The molecule has 0 saturated heterocycles. The van der Waals surface area contributed by atoms with Crippen molar-refractivity contribution in [3.63, 3.8) is 0 Å². The normalized spacial score (nSPS) is 9.00. The Hall–Kier alpha value is 0.956. The number of nitrogens with one attached hydrogen (secondary N) is 1. The molecule has 0 aromatic carbocycles. The van der Waals surface area contributed by atoms with Gasteiger partial charge in [-0.15, -0.1) is 0 Å². The van der Waals surface area contributed by atoms with Crippen LogP contribution in [-0.2, 0) is 4.57 Å². The molecule has 0 spiro atoms. The van der Waals surface area contributed by atoms with Crippen LogP contribution in [0.3, 0.4) is 0 Å². The van der Waals surface area contributed by atoms with Gasteiger partial charge in [0.2, 0.25) is 0 Å². The van der Waals surface area contributed by atoms with Gasteiger partial charge in [-0.05, 0) is 0 Å². The number of aromatic nitrogens is 2. The van der Waals surface area contributed by atoms with Gasteiger partial charge in [0, 0.05) is 12.4 Å². The fourth-order valence-electron chi connectivity index (χ4n) is 0.215. The van der Waals surface area contributed by atoms with E-state index >= 15 is 0 Å². The quantitative estimate of drug-likeness (QED) is 0.316. The first-order valence-corrected chi connectivity index (χ1v) is 3.77. The van der Waals surface area contributed by atoms with E-state index in [-0.39, 0.29) is 51.4 Å². The first-order chi connectivity index (χ1) is 4.50. The van der Waals surface area contributed by atoms with Crippen molar-refractivity contribution in [3.8, 4) is 0 Å². The van der Waals surface area contributed by atoms with Gasteiger partial charge in [-0.3, -0.25) is 0 Å². The summed E-state index contributed by atoms with van der Waals surface area (Å²) in [6, 6.07) is 0. The number of H-pyrrole nitrogens is 1. The summed E-state index contributed by atoms with van der Waals surface area (Å²) < 4.78 is 8.88. The number of nitrogens with zero attached hydrogens (tertiary/aromatic N) is 1. The molecule has 1 aromatic rings. The van der Waals surface area contributed by atoms with Gasteiger partial charge in [-0.1, -0.05) is 0 Å². The minimum Gasteiger partial charge on any atom is -0.351 e. The first-order valence-electron chi connectivity index (χ1n) is 2.21. The predicted molar refractivity (Wildman–Crippen MR) is 40.0 cm³/mol. The molecule has 6 nitrogen and oxygen atoms in total. The molecular weight excluding hydrogens is 198 g/mol. The second kappa shape index (κ2) is 7.60. The summed E-state index contributed by atoms with van der Waals surface area (Å²) in [4.78, 5) is 28.0. The minimum atomic E-state index is -4.64. The summed E-state index contributed by atoms with van der Waals surface area (Å²) in [5.41, 5.74) is 0. The van der Waals surface area contributed by atoms with Crippen LogP contribution in [0.25, 0.3) is 0 Å². The van der Waals surface area contributed by atoms with Crippen LogP contribution in [0.4, 0.5) is 0 Å². The zero-order valence-electron chi connectivity index (χ0n) is 4.88. The fourth-order valence-corrected chi connectivity index (χ4v) is 0.215. The average Bonchev–Trinajstić information content (AvgIpc) is 2.07. The molecule has 1 heterocycles. The smallest absolute Gasteiger partial charge is 0.0919 e. The standard InChI is InChI=1S/C3H4N2.K.H3O4P.H/c1-2-5-3-4-1;;1-5(2,3)4;/h1-3H,(H,4,5);;(H3,1,2,3,4);. The molecule has 1 rings (SSSR count). The van der Waals surface area contributed by atoms with Crippen LogP contribution in [0, 0.1) is 0 Å². The van der Waals surface area contributed by atoms with E-state index in [1.807, 2.05) is 0 Å². The van der Waals surface area contributed by atoms with Crippen molar-refractivity contribution in [2.24, 2.45) is 0 Å². The van der Waals surface area contributed by atoms with E-state index in [0.717, 1.165) is 0 Å². The van der Waals surface area contributed by atoms with Crippen LogP contribution in [0.2, 0.25) is 0 Å². The van der Waals surface area contributed by atoms with E-state index in [0.29, 0.717) is 0 Å². The molecule has 0 radical (unpaired) electrons. The van der Waals surface area contributed by atoms with Gasteiger partial charge in [-0.25, -0.2) is 9.55 Å². The summed E-state index contributed by atoms with van der Waals surface area (Å²) >= 11 is 0. The molecule has 0 bridgehead atoms. The largest absolute Gasteiger partial charge is 0.351 e. The molecule has 0 aliphatic rings. The Morgan fingerprint density at radius 3 is 1.91 bits per heavy atom. The first kappa shape index (κ1) is 14.5. The maximum Gasteiger partial charge on any atom is 0.0919 e. The fraction of sp³-hybridized carbons (Fsp3) is 0. The Morgan fingerprint density at radius 1 is 1.36 bits per heavy atom. The Balaban J connectivity index is 0. The van der Waals surface area contributed by atoms with Gasteiger partial charge >= 0.3 is 59.2 Å². The molecule has 4 N–H and O–H groups in total. The predicted octanol–water partition coefficient (Wildman–Crippen LogP) is -1.17. The van der Waals surface area contributed by atoms with Crippen LogP contribution in [0.15, 0.2) is 18.7 Å². The van der Waals surface area contributed by atoms with Gasteiger partial charge in [0.05, 0.1) is 6.33 Å². The van der Waals surface area contributed by atoms with Gasteiger partial charge in [-0.2, -0.15) is 0 Å². The van der Waals surface area contributed by atoms with E-state index in [4.69, 9.17) is 19.2 Å². The van der Waals surface area contributed by atoms with E-state index in [1.54, 1.807) is 18.7 Å². The number of aromatic amines is 1. The summed E-state index contributed by atoms with van der Waals surface area (Å²) in [6.45, 7) is 0. The van der Waals surface area contributed by atoms with Crippen LogP contribution in [-0.4, -0.2) is 76.0 Å². The molecule has 0 aliphatic heterocycles. The molecular formula is C3H8KN2O4P. The second-order valence-electron chi connectivity index (χ2n) is 1.27. The third kappa shape index (κ3) is 24.8. The van der Waals surface area contributed by atoms with Crippen molar-refractivity contribution in [1.29, 1.82) is 0 Å². The SMILES string of the molecule is O=P(O)(O)O.[KH].c1c[nH]cn1. The Kier molecular flexibility index (Phi) is 10.0. The van der Waals surface area contributed by atoms with Gasteiger partial charge in [0.15, 0.2) is 0 Å². The number of imidazole rings is 1. The van der Waals surface area contributed by atoms with Crippen LogP contribution in [0.1, 0.15) is 0 Å². The van der Waals surface area contributed by atoms with Crippen LogP contribution >= 0.6 is 7.82 Å². The van der Waals surface area contributed by atoms with E-state index in [1.165, 1.54) is 0 Å². The van der Waals surface area contributed by atoms with E-state index < -0.39 is 7.82 Å². The van der Waals surface area contributed by atoms with Gasteiger partial charge in [0.1, 0.15) is 0 Å². The van der Waals surface area contributed by atoms with Crippen molar-refractivity contribution in [2.75, 3.05) is 0 Å². The number of phosphoric acid groups is 1. The van der Waals surface area contributed by atoms with Crippen LogP contribution in [0.5, 0.6) is 0 Å². The van der Waals surface area contributed by atoms with E-state index in [9.17, 15) is 0 Å². The maximum atomic E-state index is 8.88. The minimum absolute atomic E-state index is 0. The summed E-state index contributed by atoms with van der Waals surface area (Å²) in [5, 5.41) is 0. The molecule has 0 unspecified atom stereocenters. The Labute approximate surface area is 106 Å². The topological polar surface area (TPSA) is 106 Å². The average molecular weight is 206 g/mol. The summed E-state index contributed by atoms with van der Waals surface area (Å²) in [6.07, 6.45) is 5.08. The third-order valence-corrected chi connectivity index (χ3v) is 0.406. The zero-order valence-corrected chi connectivity index (χ0v) is 5.77. The Morgan fingerprint density at radius 2 is 1.82 bits per heavy atom. The molecule has 0 amide bonds. The van der Waals surface area contributed by atoms with Crippen molar-refractivity contribution in [3.05, 3.63) is 18.7 Å². The molecule has 0 saturated carbocycles. The van der Waals surface area contributed by atoms with Crippen molar-refractivity contribution in [1.82, 2.24) is 9.97 Å². The number of hydrogen-bond acceptors (Lipinski definition) is 2. The van der Waals surface area contributed by atoms with E-state index in [2.05, 4.69) is 9.97 Å². The van der Waals surface area contributed by atoms with Crippen LogP contribution < -0.4 is 0 Å². The molecule has 0 atom stereocenters.